The van der Waals surface area contributed by atoms with Crippen molar-refractivity contribution in [2.24, 2.45) is 0 Å². The predicted molar refractivity (Wildman–Crippen MR) is 120 cm³/mol. The van der Waals surface area contributed by atoms with E-state index in [-0.39, 0.29) is 12.1 Å². The second-order valence-corrected chi connectivity index (χ2v) is 7.55. The monoisotopic (exact) mass is 441 g/mol. The molecule has 0 saturated heterocycles. The zero-order valence-corrected chi connectivity index (χ0v) is 18.3. The first-order chi connectivity index (χ1) is 15.0. The largest absolute Gasteiger partial charge is 0.493 e. The number of amides is 2. The van der Waals surface area contributed by atoms with E-state index >= 15 is 0 Å². The van der Waals surface area contributed by atoms with E-state index in [9.17, 15) is 4.79 Å². The number of anilines is 1. The second kappa shape index (κ2) is 8.81. The van der Waals surface area contributed by atoms with Crippen LogP contribution in [0.4, 0.5) is 10.5 Å². The van der Waals surface area contributed by atoms with E-state index in [1.807, 2.05) is 47.5 Å². The van der Waals surface area contributed by atoms with Crippen LogP contribution in [0.3, 0.4) is 0 Å². The Bertz CT molecular complexity index is 1060. The minimum atomic E-state index is -0.233. The van der Waals surface area contributed by atoms with Crippen molar-refractivity contribution in [1.82, 2.24) is 9.47 Å². The highest BCUT2D eigenvalue weighted by Gasteiger charge is 2.32. The number of fused-ring (bicyclic) bond motifs is 1. The molecule has 7 nitrogen and oxygen atoms in total. The molecule has 4 rings (SSSR count). The van der Waals surface area contributed by atoms with Gasteiger partial charge in [-0.15, -0.1) is 0 Å². The summed E-state index contributed by atoms with van der Waals surface area (Å²) in [5, 5.41) is 3.64. The van der Waals surface area contributed by atoms with Crippen molar-refractivity contribution in [2.75, 3.05) is 33.2 Å². The summed E-state index contributed by atoms with van der Waals surface area (Å²) in [4.78, 5) is 15.2. The van der Waals surface area contributed by atoms with E-state index in [0.717, 1.165) is 17.8 Å². The maximum atomic E-state index is 13.4. The lowest BCUT2D eigenvalue weighted by atomic mass is 10.0. The highest BCUT2D eigenvalue weighted by Crippen LogP contribution is 2.40. The topological polar surface area (TPSA) is 65.0 Å². The Labute approximate surface area is 186 Å². The van der Waals surface area contributed by atoms with Crippen molar-refractivity contribution in [3.05, 3.63) is 71.0 Å². The van der Waals surface area contributed by atoms with E-state index in [1.165, 1.54) is 21.3 Å². The molecule has 31 heavy (non-hydrogen) atoms. The Morgan fingerprint density at radius 2 is 1.68 bits per heavy atom. The number of methoxy groups -OCH3 is 3. The van der Waals surface area contributed by atoms with Crippen LogP contribution >= 0.6 is 11.6 Å². The molecule has 0 bridgehead atoms. The summed E-state index contributed by atoms with van der Waals surface area (Å²) in [5.74, 6) is 1.41. The fourth-order valence-electron chi connectivity index (χ4n) is 3.95. The van der Waals surface area contributed by atoms with Crippen LogP contribution in [0.5, 0.6) is 17.2 Å². The van der Waals surface area contributed by atoms with Crippen molar-refractivity contribution < 1.29 is 19.0 Å². The molecule has 0 spiro atoms. The number of rotatable bonds is 5. The molecular formula is C23H24ClN3O4. The van der Waals surface area contributed by atoms with Crippen LogP contribution in [-0.4, -0.2) is 43.4 Å². The van der Waals surface area contributed by atoms with Crippen LogP contribution in [0.1, 0.15) is 17.3 Å². The van der Waals surface area contributed by atoms with Gasteiger partial charge in [0.2, 0.25) is 5.75 Å². The van der Waals surface area contributed by atoms with Gasteiger partial charge in [0.15, 0.2) is 11.5 Å². The standard InChI is InChI=1S/C23H24ClN3O4/c1-29-19-13-17(14-20(30-2)22(19)31-3)25-23(28)27-12-11-26-10-4-5-18(26)21(27)15-6-8-16(24)9-7-15/h4-10,13-14,21H,11-12H2,1-3H3,(H,25,28)/t21-/m1/s1. The molecule has 0 unspecified atom stereocenters. The van der Waals surface area contributed by atoms with Crippen LogP contribution in [0, 0.1) is 0 Å². The van der Waals surface area contributed by atoms with Gasteiger partial charge in [-0.05, 0) is 29.8 Å². The van der Waals surface area contributed by atoms with Gasteiger partial charge in [-0.3, -0.25) is 0 Å². The smallest absolute Gasteiger partial charge is 0.322 e. The van der Waals surface area contributed by atoms with Gasteiger partial charge in [0.1, 0.15) is 0 Å². The van der Waals surface area contributed by atoms with E-state index in [4.69, 9.17) is 25.8 Å². The number of aromatic nitrogens is 1. The third-order valence-electron chi connectivity index (χ3n) is 5.40. The van der Waals surface area contributed by atoms with Gasteiger partial charge >= 0.3 is 6.03 Å². The number of carbonyl (C=O) groups is 1. The first-order valence-electron chi connectivity index (χ1n) is 9.84. The Hall–Kier alpha value is -3.32. The average Bonchev–Trinajstić information content (AvgIpc) is 3.27. The van der Waals surface area contributed by atoms with Crippen molar-refractivity contribution in [3.63, 3.8) is 0 Å². The summed E-state index contributed by atoms with van der Waals surface area (Å²) < 4.78 is 18.3. The molecule has 0 fully saturated rings. The third-order valence-corrected chi connectivity index (χ3v) is 5.65. The van der Waals surface area contributed by atoms with Crippen LogP contribution in [0.25, 0.3) is 0 Å². The number of carbonyl (C=O) groups excluding carboxylic acids is 1. The van der Waals surface area contributed by atoms with Gasteiger partial charge in [0, 0.05) is 42.1 Å². The SMILES string of the molecule is COc1cc(NC(=O)N2CCn3cccc3[C@H]2c2ccc(Cl)cc2)cc(OC)c1OC. The fourth-order valence-corrected chi connectivity index (χ4v) is 4.07. The Kier molecular flexibility index (Phi) is 5.95. The average molecular weight is 442 g/mol. The minimum absolute atomic E-state index is 0.221. The molecule has 1 atom stereocenters. The molecule has 2 heterocycles. The zero-order chi connectivity index (χ0) is 22.0. The number of nitrogens with one attached hydrogen (secondary N) is 1. The van der Waals surface area contributed by atoms with Gasteiger partial charge in [0.05, 0.1) is 33.1 Å². The van der Waals surface area contributed by atoms with Crippen LogP contribution < -0.4 is 19.5 Å². The predicted octanol–water partition coefficient (Wildman–Crippen LogP) is 4.80. The summed E-state index contributed by atoms with van der Waals surface area (Å²) in [6.07, 6.45) is 2.03. The first kappa shape index (κ1) is 20.9. The maximum absolute atomic E-state index is 13.4. The Morgan fingerprint density at radius 1 is 1.00 bits per heavy atom. The Balaban J connectivity index is 1.66. The number of hydrogen-bond donors (Lipinski definition) is 1. The van der Waals surface area contributed by atoms with Crippen molar-refractivity contribution in [3.8, 4) is 17.2 Å². The van der Waals surface area contributed by atoms with E-state index in [2.05, 4.69) is 9.88 Å². The van der Waals surface area contributed by atoms with Crippen molar-refractivity contribution >= 4 is 23.3 Å². The number of benzene rings is 2. The molecule has 1 aromatic heterocycles. The fraction of sp³-hybridized carbons (Fsp3) is 0.261. The van der Waals surface area contributed by atoms with Crippen molar-refractivity contribution in [2.45, 2.75) is 12.6 Å². The molecule has 1 N–H and O–H groups in total. The van der Waals surface area contributed by atoms with Gasteiger partial charge in [-0.25, -0.2) is 4.79 Å². The summed E-state index contributed by atoms with van der Waals surface area (Å²) in [6, 6.07) is 14.6. The first-order valence-corrected chi connectivity index (χ1v) is 10.2. The summed E-state index contributed by atoms with van der Waals surface area (Å²) in [5.41, 5.74) is 2.59. The van der Waals surface area contributed by atoms with E-state index in [1.54, 1.807) is 12.1 Å². The minimum Gasteiger partial charge on any atom is -0.493 e. The molecule has 8 heteroatoms. The van der Waals surface area contributed by atoms with Crippen LogP contribution in [-0.2, 0) is 6.54 Å². The Morgan fingerprint density at radius 3 is 2.29 bits per heavy atom. The second-order valence-electron chi connectivity index (χ2n) is 7.12. The molecule has 2 amide bonds. The summed E-state index contributed by atoms with van der Waals surface area (Å²) >= 11 is 6.09. The molecular weight excluding hydrogens is 418 g/mol. The quantitative estimate of drug-likeness (QED) is 0.617. The van der Waals surface area contributed by atoms with E-state index in [0.29, 0.717) is 34.5 Å². The molecule has 1 aliphatic rings. The highest BCUT2D eigenvalue weighted by molar-refractivity contribution is 6.30. The van der Waals surface area contributed by atoms with Gasteiger partial charge in [-0.2, -0.15) is 0 Å². The lowest BCUT2D eigenvalue weighted by molar-refractivity contribution is 0.182. The zero-order valence-electron chi connectivity index (χ0n) is 17.6. The normalized spacial score (nSPS) is 15.2. The van der Waals surface area contributed by atoms with Crippen molar-refractivity contribution in [1.29, 1.82) is 0 Å². The molecule has 0 radical (unpaired) electrons. The van der Waals surface area contributed by atoms with Crippen LogP contribution in [0.2, 0.25) is 5.02 Å². The molecule has 162 valence electrons. The lowest BCUT2D eigenvalue weighted by Crippen LogP contribution is -2.44. The molecule has 1 aliphatic heterocycles. The maximum Gasteiger partial charge on any atom is 0.322 e. The molecule has 0 aliphatic carbocycles. The van der Waals surface area contributed by atoms with Gasteiger partial charge in [0.25, 0.3) is 0 Å². The molecule has 3 aromatic rings. The number of nitrogens with zero attached hydrogens (tertiary/aromatic N) is 2. The third kappa shape index (κ3) is 4.01. The van der Waals surface area contributed by atoms with E-state index < -0.39 is 0 Å². The highest BCUT2D eigenvalue weighted by atomic mass is 35.5. The van der Waals surface area contributed by atoms with Gasteiger partial charge in [-0.1, -0.05) is 23.7 Å². The molecule has 0 saturated carbocycles. The molecule has 2 aromatic carbocycles. The number of hydrogen-bond acceptors (Lipinski definition) is 4. The summed E-state index contributed by atoms with van der Waals surface area (Å²) in [6.45, 7) is 1.28. The number of urea groups is 1. The lowest BCUT2D eigenvalue weighted by Gasteiger charge is -2.37. The van der Waals surface area contributed by atoms with Gasteiger partial charge < -0.3 is 29.0 Å². The summed E-state index contributed by atoms with van der Waals surface area (Å²) in [7, 11) is 4.62. The van der Waals surface area contributed by atoms with Crippen LogP contribution in [0.15, 0.2) is 54.7 Å². The number of halogens is 1. The number of ether oxygens (including phenoxy) is 3.